The number of anilines is 1. The molecule has 1 N–H and O–H groups in total. The van der Waals surface area contributed by atoms with Crippen LogP contribution in [0.1, 0.15) is 6.92 Å². The Hall–Kier alpha value is -1.02. The number of rotatable bonds is 3. The maximum absolute atomic E-state index is 5.67. The van der Waals surface area contributed by atoms with Crippen LogP contribution in [0.3, 0.4) is 0 Å². The van der Waals surface area contributed by atoms with Gasteiger partial charge >= 0.3 is 0 Å². The fraction of sp³-hybridized carbons (Fsp3) is 0.222. The number of pyridine rings is 1. The highest BCUT2D eigenvalue weighted by Crippen LogP contribution is 2.10. The Kier molecular flexibility index (Phi) is 3.11. The summed E-state index contributed by atoms with van der Waals surface area (Å²) in [6, 6.07) is 3.85. The van der Waals surface area contributed by atoms with Crippen LogP contribution in [0.4, 0.5) is 5.82 Å². The minimum Gasteiger partial charge on any atom is -0.364 e. The van der Waals surface area contributed by atoms with E-state index in [2.05, 4.69) is 16.9 Å². The van der Waals surface area contributed by atoms with E-state index >= 15 is 0 Å². The van der Waals surface area contributed by atoms with Crippen LogP contribution in [0.5, 0.6) is 0 Å². The summed E-state index contributed by atoms with van der Waals surface area (Å²) in [6.45, 7) is 5.66. The van der Waals surface area contributed by atoms with E-state index in [4.69, 9.17) is 11.6 Å². The first-order valence-corrected chi connectivity index (χ1v) is 4.11. The van der Waals surface area contributed by atoms with Gasteiger partial charge in [0.2, 0.25) is 0 Å². The first-order valence-electron chi connectivity index (χ1n) is 3.73. The average Bonchev–Trinajstić information content (AvgIpc) is 2.09. The molecule has 2 nitrogen and oxygen atoms in total. The molecule has 0 aliphatic carbocycles. The molecule has 1 atom stereocenters. The van der Waals surface area contributed by atoms with Crippen LogP contribution in [-0.4, -0.2) is 11.0 Å². The van der Waals surface area contributed by atoms with Crippen molar-refractivity contribution in [1.82, 2.24) is 4.98 Å². The van der Waals surface area contributed by atoms with Crippen molar-refractivity contribution in [3.8, 4) is 0 Å². The molecular formula is C9H11ClN2. The first-order chi connectivity index (χ1) is 5.72. The van der Waals surface area contributed by atoms with Crippen molar-refractivity contribution < 1.29 is 0 Å². The molecule has 64 valence electrons. The molecule has 0 saturated carbocycles. The van der Waals surface area contributed by atoms with Gasteiger partial charge in [0.15, 0.2) is 0 Å². The molecule has 0 aromatic carbocycles. The monoisotopic (exact) mass is 182 g/mol. The van der Waals surface area contributed by atoms with Crippen LogP contribution in [0.15, 0.2) is 31.0 Å². The van der Waals surface area contributed by atoms with Gasteiger partial charge in [0.05, 0.1) is 5.02 Å². The predicted molar refractivity (Wildman–Crippen MR) is 52.5 cm³/mol. The van der Waals surface area contributed by atoms with Crippen molar-refractivity contribution in [2.24, 2.45) is 0 Å². The molecule has 1 unspecified atom stereocenters. The fourth-order valence-corrected chi connectivity index (χ4v) is 0.865. The maximum atomic E-state index is 5.67. The van der Waals surface area contributed by atoms with E-state index in [9.17, 15) is 0 Å². The first kappa shape index (κ1) is 9.07. The second kappa shape index (κ2) is 4.12. The third-order valence-corrected chi connectivity index (χ3v) is 1.68. The lowest BCUT2D eigenvalue weighted by Gasteiger charge is -2.08. The highest BCUT2D eigenvalue weighted by molar-refractivity contribution is 6.30. The molecule has 0 aliphatic heterocycles. The minimum atomic E-state index is 0.221. The Labute approximate surface area is 77.3 Å². The molecule has 0 amide bonds. The van der Waals surface area contributed by atoms with E-state index in [1.54, 1.807) is 12.3 Å². The quantitative estimate of drug-likeness (QED) is 0.728. The summed E-state index contributed by atoms with van der Waals surface area (Å²) in [6.07, 6.45) is 3.43. The fourth-order valence-electron chi connectivity index (χ4n) is 0.753. The van der Waals surface area contributed by atoms with Gasteiger partial charge in [0.25, 0.3) is 0 Å². The van der Waals surface area contributed by atoms with E-state index in [1.807, 2.05) is 19.1 Å². The third kappa shape index (κ3) is 2.55. The molecule has 12 heavy (non-hydrogen) atoms. The van der Waals surface area contributed by atoms with Crippen molar-refractivity contribution >= 4 is 17.4 Å². The van der Waals surface area contributed by atoms with E-state index in [0.29, 0.717) is 5.02 Å². The van der Waals surface area contributed by atoms with Crippen LogP contribution >= 0.6 is 11.6 Å². The van der Waals surface area contributed by atoms with E-state index in [-0.39, 0.29) is 6.04 Å². The maximum Gasteiger partial charge on any atom is 0.126 e. The summed E-state index contributed by atoms with van der Waals surface area (Å²) in [5.41, 5.74) is 0. The molecule has 3 heteroatoms. The Morgan fingerprint density at radius 1 is 1.67 bits per heavy atom. The van der Waals surface area contributed by atoms with Crippen LogP contribution < -0.4 is 5.32 Å². The second-order valence-electron chi connectivity index (χ2n) is 2.53. The lowest BCUT2D eigenvalue weighted by Crippen LogP contribution is -2.11. The smallest absolute Gasteiger partial charge is 0.126 e. The van der Waals surface area contributed by atoms with Crippen molar-refractivity contribution in [2.75, 3.05) is 5.32 Å². The van der Waals surface area contributed by atoms with E-state index in [0.717, 1.165) is 5.82 Å². The standard InChI is InChI=1S/C9H11ClN2/c1-3-7(2)12-9-5-4-8(10)6-11-9/h3-7H,1H2,2H3,(H,11,12). The van der Waals surface area contributed by atoms with Gasteiger partial charge in [-0.2, -0.15) is 0 Å². The van der Waals surface area contributed by atoms with Crippen LogP contribution in [-0.2, 0) is 0 Å². The molecule has 1 rings (SSSR count). The average molecular weight is 183 g/mol. The number of halogens is 1. The van der Waals surface area contributed by atoms with Gasteiger partial charge in [-0.05, 0) is 19.1 Å². The van der Waals surface area contributed by atoms with Gasteiger partial charge in [0, 0.05) is 12.2 Å². The normalized spacial score (nSPS) is 12.2. The van der Waals surface area contributed by atoms with Gasteiger partial charge in [0.1, 0.15) is 5.82 Å². The minimum absolute atomic E-state index is 0.221. The van der Waals surface area contributed by atoms with E-state index in [1.165, 1.54) is 0 Å². The molecule has 0 bridgehead atoms. The number of nitrogens with one attached hydrogen (secondary N) is 1. The summed E-state index contributed by atoms with van der Waals surface area (Å²) in [5, 5.41) is 3.78. The SMILES string of the molecule is C=CC(C)Nc1ccc(Cl)cn1. The number of hydrogen-bond acceptors (Lipinski definition) is 2. The van der Waals surface area contributed by atoms with Gasteiger partial charge < -0.3 is 5.32 Å². The Balaban J connectivity index is 2.64. The lowest BCUT2D eigenvalue weighted by molar-refractivity contribution is 0.984. The molecule has 0 saturated heterocycles. The summed E-state index contributed by atoms with van der Waals surface area (Å²) in [7, 11) is 0. The van der Waals surface area contributed by atoms with Crippen molar-refractivity contribution in [3.05, 3.63) is 36.0 Å². The zero-order chi connectivity index (χ0) is 8.97. The second-order valence-corrected chi connectivity index (χ2v) is 2.97. The largest absolute Gasteiger partial charge is 0.364 e. The van der Waals surface area contributed by atoms with Crippen molar-refractivity contribution in [3.63, 3.8) is 0 Å². The third-order valence-electron chi connectivity index (χ3n) is 1.46. The Bertz CT molecular complexity index is 256. The zero-order valence-corrected chi connectivity index (χ0v) is 7.67. The van der Waals surface area contributed by atoms with Gasteiger partial charge in [-0.1, -0.05) is 17.7 Å². The van der Waals surface area contributed by atoms with Crippen molar-refractivity contribution in [1.29, 1.82) is 0 Å². The molecule has 0 aliphatic rings. The summed E-state index contributed by atoms with van der Waals surface area (Å²) in [5.74, 6) is 0.812. The van der Waals surface area contributed by atoms with Gasteiger partial charge in [-0.3, -0.25) is 0 Å². The van der Waals surface area contributed by atoms with Gasteiger partial charge in [-0.15, -0.1) is 6.58 Å². The van der Waals surface area contributed by atoms with E-state index < -0.39 is 0 Å². The summed E-state index contributed by atoms with van der Waals surface area (Å²) < 4.78 is 0. The number of hydrogen-bond donors (Lipinski definition) is 1. The van der Waals surface area contributed by atoms with Crippen LogP contribution in [0.25, 0.3) is 0 Å². The molecule has 0 fully saturated rings. The molecular weight excluding hydrogens is 172 g/mol. The molecule has 1 heterocycles. The lowest BCUT2D eigenvalue weighted by atomic mass is 10.3. The highest BCUT2D eigenvalue weighted by atomic mass is 35.5. The topological polar surface area (TPSA) is 24.9 Å². The highest BCUT2D eigenvalue weighted by Gasteiger charge is 1.96. The van der Waals surface area contributed by atoms with Crippen LogP contribution in [0, 0.1) is 0 Å². The zero-order valence-electron chi connectivity index (χ0n) is 6.92. The van der Waals surface area contributed by atoms with Crippen molar-refractivity contribution in [2.45, 2.75) is 13.0 Å². The molecule has 1 aromatic rings. The molecule has 0 spiro atoms. The Morgan fingerprint density at radius 2 is 2.42 bits per heavy atom. The molecule has 1 aromatic heterocycles. The Morgan fingerprint density at radius 3 is 2.92 bits per heavy atom. The van der Waals surface area contributed by atoms with Crippen LogP contribution in [0.2, 0.25) is 5.02 Å². The molecule has 0 radical (unpaired) electrons. The number of nitrogens with zero attached hydrogens (tertiary/aromatic N) is 1. The predicted octanol–water partition coefficient (Wildman–Crippen LogP) is 2.72. The summed E-state index contributed by atoms with van der Waals surface area (Å²) >= 11 is 5.67. The van der Waals surface area contributed by atoms with Gasteiger partial charge in [-0.25, -0.2) is 4.98 Å². The summed E-state index contributed by atoms with van der Waals surface area (Å²) in [4.78, 5) is 4.08. The number of aromatic nitrogens is 1.